The van der Waals surface area contributed by atoms with E-state index in [1.165, 1.54) is 0 Å². The molecule has 0 saturated carbocycles. The lowest BCUT2D eigenvalue weighted by atomic mass is 10.1. The second-order valence-corrected chi connectivity index (χ2v) is 5.98. The van der Waals surface area contributed by atoms with E-state index in [0.717, 1.165) is 11.3 Å². The number of aliphatic hydroxyl groups is 1. The van der Waals surface area contributed by atoms with Crippen molar-refractivity contribution in [1.82, 2.24) is 4.90 Å². The van der Waals surface area contributed by atoms with Gasteiger partial charge in [0.2, 0.25) is 5.91 Å². The van der Waals surface area contributed by atoms with Gasteiger partial charge >= 0.3 is 0 Å². The molecule has 0 aromatic heterocycles. The van der Waals surface area contributed by atoms with Crippen LogP contribution in [0.25, 0.3) is 6.08 Å². The predicted octanol–water partition coefficient (Wildman–Crippen LogP) is 2.39. The summed E-state index contributed by atoms with van der Waals surface area (Å²) in [5.74, 6) is -0.0867. The maximum Gasteiger partial charge on any atom is 0.246 e. The van der Waals surface area contributed by atoms with Gasteiger partial charge in [-0.1, -0.05) is 12.1 Å². The summed E-state index contributed by atoms with van der Waals surface area (Å²) < 4.78 is 0. The van der Waals surface area contributed by atoms with Crippen molar-refractivity contribution < 1.29 is 9.90 Å². The van der Waals surface area contributed by atoms with E-state index in [1.807, 2.05) is 50.2 Å². The Morgan fingerprint density at radius 3 is 2.24 bits per heavy atom. The summed E-state index contributed by atoms with van der Waals surface area (Å²) in [5, 5.41) is 9.81. The molecule has 116 valence electrons. The third-order valence-corrected chi connectivity index (χ3v) is 3.10. The molecule has 0 heterocycles. The number of likely N-dealkylation sites (N-methyl/N-ethyl adjacent to an activating group) is 1. The molecule has 0 aliphatic heterocycles. The van der Waals surface area contributed by atoms with Crippen molar-refractivity contribution in [3.8, 4) is 0 Å². The fourth-order valence-electron chi connectivity index (χ4n) is 1.97. The zero-order valence-corrected chi connectivity index (χ0v) is 13.6. The smallest absolute Gasteiger partial charge is 0.246 e. The molecule has 0 unspecified atom stereocenters. The van der Waals surface area contributed by atoms with Crippen molar-refractivity contribution in [3.63, 3.8) is 0 Å². The van der Waals surface area contributed by atoms with E-state index in [9.17, 15) is 9.90 Å². The number of carbonyl (C=O) groups excluding carboxylic acids is 1. The minimum Gasteiger partial charge on any atom is -0.389 e. The van der Waals surface area contributed by atoms with Crippen LogP contribution >= 0.6 is 0 Å². The van der Waals surface area contributed by atoms with Gasteiger partial charge in [0, 0.05) is 38.9 Å². The summed E-state index contributed by atoms with van der Waals surface area (Å²) in [5.41, 5.74) is 1.22. The molecule has 0 aliphatic carbocycles. The van der Waals surface area contributed by atoms with Crippen molar-refractivity contribution in [1.29, 1.82) is 0 Å². The number of hydrogen-bond donors (Lipinski definition) is 1. The van der Waals surface area contributed by atoms with Gasteiger partial charge in [0.05, 0.1) is 5.60 Å². The van der Waals surface area contributed by atoms with Gasteiger partial charge in [-0.25, -0.2) is 0 Å². The average molecular weight is 290 g/mol. The van der Waals surface area contributed by atoms with Crippen molar-refractivity contribution in [2.45, 2.75) is 26.4 Å². The Bertz CT molecular complexity index is 485. The Hall–Kier alpha value is -1.81. The highest BCUT2D eigenvalue weighted by molar-refractivity contribution is 5.91. The highest BCUT2D eigenvalue weighted by Gasteiger charge is 2.19. The van der Waals surface area contributed by atoms with Crippen LogP contribution in [0.3, 0.4) is 0 Å². The average Bonchev–Trinajstić information content (AvgIpc) is 2.41. The number of anilines is 1. The lowest BCUT2D eigenvalue weighted by molar-refractivity contribution is -0.128. The molecule has 0 bridgehead atoms. The molecular weight excluding hydrogens is 264 g/mol. The molecule has 1 N–H and O–H groups in total. The minimum atomic E-state index is -0.882. The molecule has 0 atom stereocenters. The lowest BCUT2D eigenvalue weighted by Gasteiger charge is -2.27. The van der Waals surface area contributed by atoms with E-state index < -0.39 is 5.60 Å². The molecule has 0 spiro atoms. The molecule has 0 saturated heterocycles. The van der Waals surface area contributed by atoms with Crippen LogP contribution in [0.4, 0.5) is 5.69 Å². The number of benzene rings is 1. The van der Waals surface area contributed by atoms with Gasteiger partial charge in [0.25, 0.3) is 0 Å². The highest BCUT2D eigenvalue weighted by atomic mass is 16.3. The SMILES string of the molecule is CCN(CC(C)(C)O)C(=O)C=Cc1ccc(N(C)C)cc1. The maximum atomic E-state index is 12.1. The fraction of sp³-hybridized carbons (Fsp3) is 0.471. The minimum absolute atomic E-state index is 0.0867. The Kier molecular flexibility index (Phi) is 5.97. The van der Waals surface area contributed by atoms with Crippen molar-refractivity contribution in [2.75, 3.05) is 32.1 Å². The zero-order chi connectivity index (χ0) is 16.0. The topological polar surface area (TPSA) is 43.8 Å². The van der Waals surface area contributed by atoms with E-state index >= 15 is 0 Å². The fourth-order valence-corrected chi connectivity index (χ4v) is 1.97. The van der Waals surface area contributed by atoms with Crippen LogP contribution in [0, 0.1) is 0 Å². The van der Waals surface area contributed by atoms with Crippen LogP contribution in [0.5, 0.6) is 0 Å². The van der Waals surface area contributed by atoms with E-state index in [2.05, 4.69) is 0 Å². The Balaban J connectivity index is 2.72. The van der Waals surface area contributed by atoms with Gasteiger partial charge in [-0.05, 0) is 44.5 Å². The first-order valence-electron chi connectivity index (χ1n) is 7.19. The molecule has 1 aromatic carbocycles. The largest absolute Gasteiger partial charge is 0.389 e. The van der Waals surface area contributed by atoms with Crippen LogP contribution in [-0.2, 0) is 4.79 Å². The van der Waals surface area contributed by atoms with E-state index in [-0.39, 0.29) is 5.91 Å². The number of hydrogen-bond acceptors (Lipinski definition) is 3. The van der Waals surface area contributed by atoms with Crippen LogP contribution in [0.15, 0.2) is 30.3 Å². The van der Waals surface area contributed by atoms with E-state index in [0.29, 0.717) is 13.1 Å². The van der Waals surface area contributed by atoms with Gasteiger partial charge in [-0.3, -0.25) is 4.79 Å². The van der Waals surface area contributed by atoms with Crippen molar-refractivity contribution in [2.24, 2.45) is 0 Å². The van der Waals surface area contributed by atoms with Crippen LogP contribution < -0.4 is 4.90 Å². The van der Waals surface area contributed by atoms with Gasteiger partial charge in [-0.2, -0.15) is 0 Å². The highest BCUT2D eigenvalue weighted by Crippen LogP contribution is 2.13. The van der Waals surface area contributed by atoms with E-state index in [4.69, 9.17) is 0 Å². The Labute approximate surface area is 127 Å². The molecule has 0 fully saturated rings. The van der Waals surface area contributed by atoms with Crippen molar-refractivity contribution in [3.05, 3.63) is 35.9 Å². The molecular formula is C17H26N2O2. The number of amides is 1. The Morgan fingerprint density at radius 1 is 1.24 bits per heavy atom. The quantitative estimate of drug-likeness (QED) is 0.818. The first-order chi connectivity index (χ1) is 9.73. The molecule has 1 rings (SSSR count). The standard InChI is InChI=1S/C17H26N2O2/c1-6-19(13-17(2,3)21)16(20)12-9-14-7-10-15(11-8-14)18(4)5/h7-12,21H,6,13H2,1-5H3. The van der Waals surface area contributed by atoms with E-state index in [1.54, 1.807) is 30.9 Å². The second kappa shape index (κ2) is 7.27. The van der Waals surface area contributed by atoms with Gasteiger partial charge < -0.3 is 14.9 Å². The van der Waals surface area contributed by atoms with Crippen molar-refractivity contribution >= 4 is 17.7 Å². The lowest BCUT2D eigenvalue weighted by Crippen LogP contribution is -2.41. The number of rotatable bonds is 6. The molecule has 1 amide bonds. The molecule has 0 aliphatic rings. The maximum absolute atomic E-state index is 12.1. The monoisotopic (exact) mass is 290 g/mol. The summed E-state index contributed by atoms with van der Waals surface area (Å²) in [6.45, 7) is 6.21. The normalized spacial score (nSPS) is 11.7. The molecule has 4 heteroatoms. The third kappa shape index (κ3) is 6.00. The first kappa shape index (κ1) is 17.2. The summed E-state index contributed by atoms with van der Waals surface area (Å²) >= 11 is 0. The van der Waals surface area contributed by atoms with Crippen LogP contribution in [0.2, 0.25) is 0 Å². The summed E-state index contributed by atoms with van der Waals surface area (Å²) in [7, 11) is 3.98. The van der Waals surface area contributed by atoms with Crippen LogP contribution in [-0.4, -0.2) is 48.7 Å². The van der Waals surface area contributed by atoms with Gasteiger partial charge in [-0.15, -0.1) is 0 Å². The molecule has 21 heavy (non-hydrogen) atoms. The molecule has 4 nitrogen and oxygen atoms in total. The number of nitrogens with zero attached hydrogens (tertiary/aromatic N) is 2. The first-order valence-corrected chi connectivity index (χ1v) is 7.19. The van der Waals surface area contributed by atoms with Gasteiger partial charge in [0.1, 0.15) is 0 Å². The second-order valence-electron chi connectivity index (χ2n) is 5.98. The predicted molar refractivity (Wildman–Crippen MR) is 88.4 cm³/mol. The Morgan fingerprint density at radius 2 is 1.81 bits per heavy atom. The molecule has 1 aromatic rings. The summed E-state index contributed by atoms with van der Waals surface area (Å²) in [4.78, 5) is 15.8. The van der Waals surface area contributed by atoms with Gasteiger partial charge in [0.15, 0.2) is 0 Å². The number of carbonyl (C=O) groups is 1. The summed E-state index contributed by atoms with van der Waals surface area (Å²) in [6, 6.07) is 7.98. The molecule has 0 radical (unpaired) electrons. The van der Waals surface area contributed by atoms with Crippen LogP contribution in [0.1, 0.15) is 26.3 Å². The third-order valence-electron chi connectivity index (χ3n) is 3.10. The summed E-state index contributed by atoms with van der Waals surface area (Å²) in [6.07, 6.45) is 3.36. The zero-order valence-electron chi connectivity index (χ0n) is 13.6.